The molecule has 0 saturated heterocycles. The highest BCUT2D eigenvalue weighted by Crippen LogP contribution is 2.22. The first kappa shape index (κ1) is 17.9. The summed E-state index contributed by atoms with van der Waals surface area (Å²) in [6.07, 6.45) is 0. The van der Waals surface area contributed by atoms with Gasteiger partial charge in [0.2, 0.25) is 0 Å². The Balaban J connectivity index is 3.12. The zero-order valence-corrected chi connectivity index (χ0v) is 11.9. The normalized spacial score (nSPS) is 10.8. The highest BCUT2D eigenvalue weighted by Gasteiger charge is 2.19. The first-order chi connectivity index (χ1) is 8.81. The number of ether oxygens (including phenoxy) is 4. The van der Waals surface area contributed by atoms with E-state index in [1.807, 2.05) is 0 Å². The zero-order chi connectivity index (χ0) is 13.5. The topological polar surface area (TPSA) is 72.5 Å². The summed E-state index contributed by atoms with van der Waals surface area (Å²) in [7, 11) is 1.09. The molecule has 0 aromatic heterocycles. The molecule has 0 fully saturated rings. The molecular weight excluding hydrogens is 263 g/mol. The van der Waals surface area contributed by atoms with Crippen LogP contribution in [0.2, 0.25) is 0 Å². The molecule has 0 unspecified atom stereocenters. The fourth-order valence-corrected chi connectivity index (χ4v) is 1.39. The lowest BCUT2D eigenvalue weighted by molar-refractivity contribution is 0.0437. The van der Waals surface area contributed by atoms with Gasteiger partial charge in [0, 0.05) is 18.8 Å². The van der Waals surface area contributed by atoms with Gasteiger partial charge in [0.25, 0.3) is 0 Å². The number of methoxy groups -OCH3 is 2. The van der Waals surface area contributed by atoms with Crippen LogP contribution in [0.25, 0.3) is 0 Å². The molecule has 0 aromatic rings. The first-order valence-electron chi connectivity index (χ1n) is 5.67. The first-order valence-corrected chi connectivity index (χ1v) is 6.77. The van der Waals surface area contributed by atoms with E-state index in [4.69, 9.17) is 28.0 Å². The van der Waals surface area contributed by atoms with Gasteiger partial charge in [-0.25, -0.2) is 0 Å². The quantitative estimate of drug-likeness (QED) is 0.348. The second-order valence-corrected chi connectivity index (χ2v) is 4.06. The average molecular weight is 285 g/mol. The molecule has 0 aromatic carbocycles. The fraction of sp³-hybridized carbons (Fsp3) is 1.00. The van der Waals surface area contributed by atoms with E-state index in [9.17, 15) is 4.57 Å². The molecule has 0 radical (unpaired) electrons. The second kappa shape index (κ2) is 14.9. The summed E-state index contributed by atoms with van der Waals surface area (Å²) in [5, 5.41) is 0. The van der Waals surface area contributed by atoms with Crippen LogP contribution in [0.15, 0.2) is 0 Å². The van der Waals surface area contributed by atoms with Crippen molar-refractivity contribution in [3.8, 4) is 0 Å². The number of hydrogen-bond donors (Lipinski definition) is 0. The largest absolute Gasteiger partial charge is 0.697 e. The molecule has 8 heteroatoms. The Morgan fingerprint density at radius 3 is 1.44 bits per heavy atom. The van der Waals surface area contributed by atoms with Crippen LogP contribution < -0.4 is 0 Å². The van der Waals surface area contributed by atoms with Crippen LogP contribution in [0.1, 0.15) is 0 Å². The van der Waals surface area contributed by atoms with Gasteiger partial charge in [-0.3, -0.25) is 0 Å². The van der Waals surface area contributed by atoms with Crippen molar-refractivity contribution in [1.29, 1.82) is 0 Å². The molecule has 7 nitrogen and oxygen atoms in total. The molecule has 0 saturated carbocycles. The molecule has 0 amide bonds. The van der Waals surface area contributed by atoms with Crippen LogP contribution in [-0.4, -0.2) is 67.1 Å². The van der Waals surface area contributed by atoms with Crippen LogP contribution in [0.3, 0.4) is 0 Å². The summed E-state index contributed by atoms with van der Waals surface area (Å²) in [6.45, 7) is 3.21. The van der Waals surface area contributed by atoms with Gasteiger partial charge in [-0.05, 0) is 0 Å². The Labute approximate surface area is 109 Å². The van der Waals surface area contributed by atoms with Crippen molar-refractivity contribution >= 4 is 8.25 Å². The van der Waals surface area contributed by atoms with E-state index in [0.717, 1.165) is 0 Å². The summed E-state index contributed by atoms with van der Waals surface area (Å²) in [4.78, 5) is 0. The molecule has 108 valence electrons. The van der Waals surface area contributed by atoms with Gasteiger partial charge >= 0.3 is 8.25 Å². The smallest absolute Gasteiger partial charge is 0.382 e. The molecule has 0 spiro atoms. The molecular formula is C10H22O7P+. The Kier molecular flexibility index (Phi) is 14.8. The van der Waals surface area contributed by atoms with E-state index in [2.05, 4.69) is 0 Å². The van der Waals surface area contributed by atoms with Crippen LogP contribution in [0.5, 0.6) is 0 Å². The molecule has 0 aliphatic rings. The summed E-state index contributed by atoms with van der Waals surface area (Å²) < 4.78 is 40.8. The van der Waals surface area contributed by atoms with E-state index in [1.54, 1.807) is 14.2 Å². The second-order valence-electron chi connectivity index (χ2n) is 3.10. The fourth-order valence-electron chi connectivity index (χ4n) is 0.867. The number of rotatable bonds is 14. The maximum Gasteiger partial charge on any atom is 0.697 e. The highest BCUT2D eigenvalue weighted by molar-refractivity contribution is 7.33. The van der Waals surface area contributed by atoms with Gasteiger partial charge in [-0.15, -0.1) is 9.05 Å². The standard InChI is InChI=1S/C10H22O7P/c1-12-3-5-14-7-9-16-18(11)17-10-8-15-6-4-13-2/h3-10H2,1-2H3/q+1. The van der Waals surface area contributed by atoms with Crippen molar-refractivity contribution in [3.63, 3.8) is 0 Å². The van der Waals surface area contributed by atoms with Gasteiger partial charge in [0.1, 0.15) is 13.2 Å². The molecule has 0 bridgehead atoms. The maximum atomic E-state index is 11.2. The third-order valence-corrected chi connectivity index (χ3v) is 2.50. The molecule has 0 aliphatic heterocycles. The predicted octanol–water partition coefficient (Wildman–Crippen LogP) is 1.00. The highest BCUT2D eigenvalue weighted by atomic mass is 31.1. The minimum atomic E-state index is -2.10. The van der Waals surface area contributed by atoms with E-state index in [1.165, 1.54) is 0 Å². The number of hydrogen-bond acceptors (Lipinski definition) is 7. The van der Waals surface area contributed by atoms with Gasteiger partial charge in [0.15, 0.2) is 0 Å². The Morgan fingerprint density at radius 2 is 1.06 bits per heavy atom. The Hall–Kier alpha value is -0.140. The van der Waals surface area contributed by atoms with Crippen molar-refractivity contribution in [2.75, 3.05) is 67.1 Å². The lowest BCUT2D eigenvalue weighted by Gasteiger charge is -2.00. The SMILES string of the molecule is COCCOCCO[P+](=O)OCCOCCOC. The van der Waals surface area contributed by atoms with Gasteiger partial charge < -0.3 is 18.9 Å². The van der Waals surface area contributed by atoms with E-state index in [0.29, 0.717) is 39.6 Å². The minimum absolute atomic E-state index is 0.226. The third-order valence-electron chi connectivity index (χ3n) is 1.71. The molecule has 0 heterocycles. The summed E-state index contributed by atoms with van der Waals surface area (Å²) in [5.74, 6) is 0. The van der Waals surface area contributed by atoms with Gasteiger partial charge in [-0.1, -0.05) is 0 Å². The molecule has 18 heavy (non-hydrogen) atoms. The zero-order valence-electron chi connectivity index (χ0n) is 11.0. The van der Waals surface area contributed by atoms with Crippen molar-refractivity contribution in [1.82, 2.24) is 0 Å². The van der Waals surface area contributed by atoms with Crippen LogP contribution in [0.4, 0.5) is 0 Å². The third kappa shape index (κ3) is 13.9. The van der Waals surface area contributed by atoms with E-state index >= 15 is 0 Å². The summed E-state index contributed by atoms with van der Waals surface area (Å²) in [6, 6.07) is 0. The lowest BCUT2D eigenvalue weighted by atomic mass is 10.7. The van der Waals surface area contributed by atoms with Gasteiger partial charge in [0.05, 0.1) is 39.6 Å². The van der Waals surface area contributed by atoms with E-state index in [-0.39, 0.29) is 13.2 Å². The molecule has 0 aliphatic carbocycles. The predicted molar refractivity (Wildman–Crippen MR) is 64.9 cm³/mol. The molecule has 0 N–H and O–H groups in total. The van der Waals surface area contributed by atoms with Crippen molar-refractivity contribution in [2.24, 2.45) is 0 Å². The van der Waals surface area contributed by atoms with Gasteiger partial charge in [-0.2, -0.15) is 0 Å². The molecule has 0 atom stereocenters. The minimum Gasteiger partial charge on any atom is -0.382 e. The molecule has 0 rings (SSSR count). The van der Waals surface area contributed by atoms with Crippen LogP contribution >= 0.6 is 8.25 Å². The van der Waals surface area contributed by atoms with Crippen molar-refractivity contribution < 1.29 is 32.6 Å². The Bertz CT molecular complexity index is 173. The van der Waals surface area contributed by atoms with Crippen LogP contribution in [-0.2, 0) is 32.6 Å². The van der Waals surface area contributed by atoms with E-state index < -0.39 is 8.25 Å². The van der Waals surface area contributed by atoms with Crippen molar-refractivity contribution in [3.05, 3.63) is 0 Å². The Morgan fingerprint density at radius 1 is 0.667 bits per heavy atom. The summed E-state index contributed by atoms with van der Waals surface area (Å²) in [5.41, 5.74) is 0. The monoisotopic (exact) mass is 285 g/mol. The lowest BCUT2D eigenvalue weighted by Crippen LogP contribution is -2.08. The van der Waals surface area contributed by atoms with Crippen molar-refractivity contribution in [2.45, 2.75) is 0 Å². The summed E-state index contributed by atoms with van der Waals surface area (Å²) >= 11 is 0. The average Bonchev–Trinajstić information content (AvgIpc) is 2.38. The maximum absolute atomic E-state index is 11.2. The van der Waals surface area contributed by atoms with Crippen LogP contribution in [0, 0.1) is 0 Å².